The standard InChI is InChI=1S/C24H21F3N4O3/c25-24(26,27)23(33)30-10-11-31-19(13-30)29-20(21(31)15-6-2-1-3-7-15)22(32)28-17-12-16-8-4-5-9-18(16)34-14-17/h1-9,17H,10-14H2,(H,28,32)/t17-/m1/s1. The Morgan fingerprint density at radius 3 is 2.53 bits per heavy atom. The first-order valence-electron chi connectivity index (χ1n) is 10.8. The van der Waals surface area contributed by atoms with Gasteiger partial charge in [-0.05, 0) is 18.1 Å². The Hall–Kier alpha value is -3.82. The molecule has 10 heteroatoms. The first-order valence-corrected chi connectivity index (χ1v) is 10.8. The average molecular weight is 470 g/mol. The number of alkyl halides is 3. The summed E-state index contributed by atoms with van der Waals surface area (Å²) in [7, 11) is 0. The normalized spacial score (nSPS) is 17.4. The number of imidazole rings is 1. The number of carbonyl (C=O) groups excluding carboxylic acids is 2. The number of hydrogen-bond donors (Lipinski definition) is 1. The molecule has 1 atom stereocenters. The number of rotatable bonds is 3. The summed E-state index contributed by atoms with van der Waals surface area (Å²) in [5, 5.41) is 2.95. The largest absolute Gasteiger partial charge is 0.491 e. The fourth-order valence-corrected chi connectivity index (χ4v) is 4.41. The molecule has 34 heavy (non-hydrogen) atoms. The zero-order chi connectivity index (χ0) is 23.9. The second-order valence-corrected chi connectivity index (χ2v) is 8.26. The van der Waals surface area contributed by atoms with Crippen LogP contribution in [-0.4, -0.2) is 51.6 Å². The number of halogens is 3. The van der Waals surface area contributed by atoms with Gasteiger partial charge in [-0.2, -0.15) is 13.2 Å². The first kappa shape index (κ1) is 22.0. The molecular weight excluding hydrogens is 449 g/mol. The lowest BCUT2D eigenvalue weighted by molar-refractivity contribution is -0.187. The molecule has 1 N–H and O–H groups in total. The molecule has 3 heterocycles. The number of para-hydroxylation sites is 1. The van der Waals surface area contributed by atoms with Crippen molar-refractivity contribution in [2.75, 3.05) is 13.2 Å². The highest BCUT2D eigenvalue weighted by atomic mass is 19.4. The van der Waals surface area contributed by atoms with Crippen molar-refractivity contribution >= 4 is 11.8 Å². The summed E-state index contributed by atoms with van der Waals surface area (Å²) >= 11 is 0. The Bertz CT molecular complexity index is 1240. The quantitative estimate of drug-likeness (QED) is 0.638. The van der Waals surface area contributed by atoms with Crippen LogP contribution in [0.4, 0.5) is 13.2 Å². The summed E-state index contributed by atoms with van der Waals surface area (Å²) < 4.78 is 46.3. The van der Waals surface area contributed by atoms with Gasteiger partial charge in [-0.25, -0.2) is 4.98 Å². The molecule has 5 rings (SSSR count). The number of benzene rings is 2. The lowest BCUT2D eigenvalue weighted by Gasteiger charge is -2.29. The van der Waals surface area contributed by atoms with Crippen molar-refractivity contribution in [3.63, 3.8) is 0 Å². The van der Waals surface area contributed by atoms with Crippen molar-refractivity contribution in [3.8, 4) is 17.0 Å². The molecule has 7 nitrogen and oxygen atoms in total. The van der Waals surface area contributed by atoms with E-state index in [1.54, 1.807) is 4.57 Å². The summed E-state index contributed by atoms with van der Waals surface area (Å²) in [6, 6.07) is 16.4. The van der Waals surface area contributed by atoms with Crippen LogP contribution in [0.15, 0.2) is 54.6 Å². The van der Waals surface area contributed by atoms with Gasteiger partial charge in [0, 0.05) is 18.7 Å². The molecule has 2 aliphatic heterocycles. The molecule has 2 aromatic carbocycles. The molecule has 0 fully saturated rings. The minimum Gasteiger partial charge on any atom is -0.491 e. The fraction of sp³-hybridized carbons (Fsp3) is 0.292. The summed E-state index contributed by atoms with van der Waals surface area (Å²) in [5.74, 6) is -1.34. The molecule has 0 radical (unpaired) electrons. The van der Waals surface area contributed by atoms with Crippen LogP contribution in [0.1, 0.15) is 21.9 Å². The maximum Gasteiger partial charge on any atom is 0.471 e. The van der Waals surface area contributed by atoms with Crippen LogP contribution >= 0.6 is 0 Å². The van der Waals surface area contributed by atoms with E-state index in [9.17, 15) is 22.8 Å². The summed E-state index contributed by atoms with van der Waals surface area (Å²) in [4.78, 5) is 30.2. The molecule has 2 aliphatic rings. The van der Waals surface area contributed by atoms with Crippen LogP contribution in [0.2, 0.25) is 0 Å². The van der Waals surface area contributed by atoms with Crippen LogP contribution in [0.3, 0.4) is 0 Å². The second-order valence-electron chi connectivity index (χ2n) is 8.26. The van der Waals surface area contributed by atoms with E-state index >= 15 is 0 Å². The first-order chi connectivity index (χ1) is 16.3. The molecule has 0 bridgehead atoms. The van der Waals surface area contributed by atoms with Crippen LogP contribution < -0.4 is 10.1 Å². The van der Waals surface area contributed by atoms with Crippen molar-refractivity contribution in [1.29, 1.82) is 0 Å². The number of hydrogen-bond acceptors (Lipinski definition) is 4. The van der Waals surface area contributed by atoms with E-state index < -0.39 is 18.0 Å². The van der Waals surface area contributed by atoms with Crippen LogP contribution in [0.5, 0.6) is 5.75 Å². The van der Waals surface area contributed by atoms with E-state index in [0.29, 0.717) is 29.2 Å². The van der Waals surface area contributed by atoms with Crippen LogP contribution in [0.25, 0.3) is 11.3 Å². The zero-order valence-corrected chi connectivity index (χ0v) is 18.0. The minimum absolute atomic E-state index is 0.0988. The minimum atomic E-state index is -4.96. The summed E-state index contributed by atoms with van der Waals surface area (Å²) in [6.45, 7) is -0.0619. The van der Waals surface area contributed by atoms with Crippen molar-refractivity contribution in [2.45, 2.75) is 31.7 Å². The monoisotopic (exact) mass is 470 g/mol. The van der Waals surface area contributed by atoms with E-state index in [-0.39, 0.29) is 37.2 Å². The molecule has 3 aromatic rings. The molecule has 176 valence electrons. The van der Waals surface area contributed by atoms with Crippen molar-refractivity contribution in [2.24, 2.45) is 0 Å². The molecule has 0 spiro atoms. The predicted octanol–water partition coefficient (Wildman–Crippen LogP) is 3.19. The van der Waals surface area contributed by atoms with Gasteiger partial charge >= 0.3 is 12.1 Å². The van der Waals surface area contributed by atoms with Gasteiger partial charge in [0.25, 0.3) is 5.91 Å². The third-order valence-corrected chi connectivity index (χ3v) is 5.98. The van der Waals surface area contributed by atoms with E-state index in [1.807, 2.05) is 54.6 Å². The van der Waals surface area contributed by atoms with Gasteiger partial charge < -0.3 is 19.5 Å². The SMILES string of the molecule is O=C(N[C@H]1COc2ccccc2C1)c1nc2n(c1-c1ccccc1)CCN(C(=O)C(F)(F)F)C2. The average Bonchev–Trinajstić information content (AvgIpc) is 3.22. The Kier molecular flexibility index (Phi) is 5.51. The number of fused-ring (bicyclic) bond motifs is 2. The lowest BCUT2D eigenvalue weighted by Crippen LogP contribution is -2.45. The van der Waals surface area contributed by atoms with Crippen molar-refractivity contribution in [3.05, 3.63) is 71.7 Å². The van der Waals surface area contributed by atoms with E-state index in [1.165, 1.54) is 0 Å². The highest BCUT2D eigenvalue weighted by Gasteiger charge is 2.44. The highest BCUT2D eigenvalue weighted by Crippen LogP contribution is 2.30. The van der Waals surface area contributed by atoms with Crippen molar-refractivity contribution in [1.82, 2.24) is 19.8 Å². The zero-order valence-electron chi connectivity index (χ0n) is 18.0. The molecule has 0 unspecified atom stereocenters. The number of amides is 2. The third kappa shape index (κ3) is 4.11. The number of carbonyl (C=O) groups is 2. The smallest absolute Gasteiger partial charge is 0.471 e. The van der Waals surface area contributed by atoms with Gasteiger partial charge in [0.05, 0.1) is 18.3 Å². The van der Waals surface area contributed by atoms with Gasteiger partial charge in [-0.15, -0.1) is 0 Å². The van der Waals surface area contributed by atoms with Gasteiger partial charge in [-0.1, -0.05) is 48.5 Å². The molecule has 0 saturated carbocycles. The Morgan fingerprint density at radius 2 is 1.76 bits per heavy atom. The molecule has 0 aliphatic carbocycles. The van der Waals surface area contributed by atoms with E-state index in [2.05, 4.69) is 10.3 Å². The topological polar surface area (TPSA) is 76.5 Å². The van der Waals surface area contributed by atoms with E-state index in [4.69, 9.17) is 4.74 Å². The predicted molar refractivity (Wildman–Crippen MR) is 116 cm³/mol. The summed E-state index contributed by atoms with van der Waals surface area (Å²) in [6.07, 6.45) is -4.38. The Balaban J connectivity index is 1.45. The molecular formula is C24H21F3N4O3. The summed E-state index contributed by atoms with van der Waals surface area (Å²) in [5.41, 5.74) is 2.32. The molecule has 2 amide bonds. The molecule has 1 aromatic heterocycles. The number of aromatic nitrogens is 2. The molecule has 0 saturated heterocycles. The van der Waals surface area contributed by atoms with Gasteiger partial charge in [0.1, 0.15) is 18.2 Å². The number of nitrogens with one attached hydrogen (secondary N) is 1. The third-order valence-electron chi connectivity index (χ3n) is 5.98. The van der Waals surface area contributed by atoms with Gasteiger partial charge in [-0.3, -0.25) is 9.59 Å². The second kappa shape index (κ2) is 8.51. The number of nitrogens with zero attached hydrogens (tertiary/aromatic N) is 3. The van der Waals surface area contributed by atoms with Crippen LogP contribution in [-0.2, 0) is 24.3 Å². The maximum absolute atomic E-state index is 13.3. The van der Waals surface area contributed by atoms with Gasteiger partial charge in [0.2, 0.25) is 0 Å². The van der Waals surface area contributed by atoms with E-state index in [0.717, 1.165) is 11.3 Å². The van der Waals surface area contributed by atoms with Gasteiger partial charge in [0.15, 0.2) is 5.69 Å². The maximum atomic E-state index is 13.3. The van der Waals surface area contributed by atoms with Crippen molar-refractivity contribution < 1.29 is 27.5 Å². The Labute approximate surface area is 193 Å². The fourth-order valence-electron chi connectivity index (χ4n) is 4.41. The highest BCUT2D eigenvalue weighted by molar-refractivity contribution is 5.98. The lowest BCUT2D eigenvalue weighted by atomic mass is 10.0. The number of ether oxygens (including phenoxy) is 1. The Morgan fingerprint density at radius 1 is 1.03 bits per heavy atom. The van der Waals surface area contributed by atoms with Crippen LogP contribution in [0, 0.1) is 0 Å².